The standard InChI is InChI=1S/C16H24N2/c1-13(2)15(14-8-6-5-7-9-14)10-18-12-16(3,4)11-17/h5-9,13,15,18H,10,12H2,1-4H3. The summed E-state index contributed by atoms with van der Waals surface area (Å²) in [6, 6.07) is 12.9. The summed E-state index contributed by atoms with van der Waals surface area (Å²) in [6.45, 7) is 10.1. The van der Waals surface area contributed by atoms with Gasteiger partial charge in [-0.15, -0.1) is 0 Å². The summed E-state index contributed by atoms with van der Waals surface area (Å²) < 4.78 is 0. The van der Waals surface area contributed by atoms with Crippen LogP contribution in [0.2, 0.25) is 0 Å². The largest absolute Gasteiger partial charge is 0.315 e. The van der Waals surface area contributed by atoms with Crippen molar-refractivity contribution in [2.45, 2.75) is 33.6 Å². The van der Waals surface area contributed by atoms with E-state index in [1.165, 1.54) is 5.56 Å². The van der Waals surface area contributed by atoms with Gasteiger partial charge in [-0.3, -0.25) is 0 Å². The zero-order chi connectivity index (χ0) is 13.6. The minimum Gasteiger partial charge on any atom is -0.315 e. The molecule has 0 amide bonds. The van der Waals surface area contributed by atoms with Gasteiger partial charge in [0.05, 0.1) is 11.5 Å². The van der Waals surface area contributed by atoms with Crippen molar-refractivity contribution in [3.63, 3.8) is 0 Å². The summed E-state index contributed by atoms with van der Waals surface area (Å²) in [6.07, 6.45) is 0. The van der Waals surface area contributed by atoms with Crippen molar-refractivity contribution in [3.05, 3.63) is 35.9 Å². The number of nitrogens with zero attached hydrogens (tertiary/aromatic N) is 1. The second-order valence-corrected chi connectivity index (χ2v) is 5.89. The summed E-state index contributed by atoms with van der Waals surface area (Å²) in [5.74, 6) is 1.09. The van der Waals surface area contributed by atoms with Gasteiger partial charge in [-0.05, 0) is 31.2 Å². The van der Waals surface area contributed by atoms with Crippen LogP contribution in [0, 0.1) is 22.7 Å². The summed E-state index contributed by atoms with van der Waals surface area (Å²) in [7, 11) is 0. The lowest BCUT2D eigenvalue weighted by Gasteiger charge is -2.24. The minimum absolute atomic E-state index is 0.293. The second kappa shape index (κ2) is 6.56. The fourth-order valence-corrected chi connectivity index (χ4v) is 2.02. The first-order valence-electron chi connectivity index (χ1n) is 6.63. The average Bonchev–Trinajstić information content (AvgIpc) is 2.35. The maximum absolute atomic E-state index is 9.00. The van der Waals surface area contributed by atoms with Crippen LogP contribution in [0.5, 0.6) is 0 Å². The molecule has 0 fully saturated rings. The van der Waals surface area contributed by atoms with E-state index in [-0.39, 0.29) is 5.41 Å². The lowest BCUT2D eigenvalue weighted by molar-refractivity contribution is 0.402. The van der Waals surface area contributed by atoms with E-state index in [4.69, 9.17) is 5.26 Å². The third-order valence-corrected chi connectivity index (χ3v) is 3.27. The minimum atomic E-state index is -0.293. The first kappa shape index (κ1) is 14.7. The van der Waals surface area contributed by atoms with Crippen LogP contribution in [0.15, 0.2) is 30.3 Å². The molecule has 98 valence electrons. The van der Waals surface area contributed by atoms with E-state index in [0.29, 0.717) is 11.8 Å². The highest BCUT2D eigenvalue weighted by atomic mass is 14.9. The van der Waals surface area contributed by atoms with Gasteiger partial charge in [-0.25, -0.2) is 0 Å². The molecule has 0 spiro atoms. The van der Waals surface area contributed by atoms with Crippen LogP contribution >= 0.6 is 0 Å². The van der Waals surface area contributed by atoms with Gasteiger partial charge in [-0.1, -0.05) is 44.2 Å². The molecule has 1 aromatic rings. The monoisotopic (exact) mass is 244 g/mol. The van der Waals surface area contributed by atoms with Crippen molar-refractivity contribution in [3.8, 4) is 6.07 Å². The Hall–Kier alpha value is -1.33. The van der Waals surface area contributed by atoms with Gasteiger partial charge in [0.2, 0.25) is 0 Å². The summed E-state index contributed by atoms with van der Waals surface area (Å²) in [5.41, 5.74) is 1.08. The first-order chi connectivity index (χ1) is 8.46. The Morgan fingerprint density at radius 3 is 2.33 bits per heavy atom. The molecule has 1 atom stereocenters. The van der Waals surface area contributed by atoms with E-state index >= 15 is 0 Å². The molecule has 0 aromatic heterocycles. The molecule has 0 bridgehead atoms. The predicted molar refractivity (Wildman–Crippen MR) is 76.3 cm³/mol. The molecule has 0 saturated heterocycles. The van der Waals surface area contributed by atoms with E-state index < -0.39 is 0 Å². The second-order valence-electron chi connectivity index (χ2n) is 5.89. The van der Waals surface area contributed by atoms with Gasteiger partial charge >= 0.3 is 0 Å². The van der Waals surface area contributed by atoms with E-state index in [1.54, 1.807) is 0 Å². The Morgan fingerprint density at radius 1 is 1.22 bits per heavy atom. The quantitative estimate of drug-likeness (QED) is 0.830. The predicted octanol–water partition coefficient (Wildman–Crippen LogP) is 3.57. The Labute approximate surface area is 111 Å². The number of hydrogen-bond acceptors (Lipinski definition) is 2. The normalized spacial score (nSPS) is 13.3. The lowest BCUT2D eigenvalue weighted by Crippen LogP contribution is -2.32. The molecule has 18 heavy (non-hydrogen) atoms. The number of hydrogen-bond donors (Lipinski definition) is 1. The maximum atomic E-state index is 9.00. The molecule has 0 aliphatic carbocycles. The van der Waals surface area contributed by atoms with E-state index in [9.17, 15) is 0 Å². The van der Waals surface area contributed by atoms with Gasteiger partial charge in [0, 0.05) is 13.1 Å². The van der Waals surface area contributed by atoms with Crippen molar-refractivity contribution >= 4 is 0 Å². The van der Waals surface area contributed by atoms with Gasteiger partial charge < -0.3 is 5.32 Å². The maximum Gasteiger partial charge on any atom is 0.0697 e. The Kier molecular flexibility index (Phi) is 5.37. The smallest absolute Gasteiger partial charge is 0.0697 e. The summed E-state index contributed by atoms with van der Waals surface area (Å²) >= 11 is 0. The molecule has 2 heteroatoms. The van der Waals surface area contributed by atoms with Crippen LogP contribution in [-0.2, 0) is 0 Å². The SMILES string of the molecule is CC(C)C(CNCC(C)(C)C#N)c1ccccc1. The zero-order valence-corrected chi connectivity index (χ0v) is 11.9. The molecule has 1 unspecified atom stereocenters. The van der Waals surface area contributed by atoms with Crippen LogP contribution in [0.25, 0.3) is 0 Å². The molecule has 0 heterocycles. The van der Waals surface area contributed by atoms with Gasteiger partial charge in [0.1, 0.15) is 0 Å². The third kappa shape index (κ3) is 4.50. The van der Waals surface area contributed by atoms with Crippen LogP contribution in [0.1, 0.15) is 39.2 Å². The molecule has 1 N–H and O–H groups in total. The summed E-state index contributed by atoms with van der Waals surface area (Å²) in [4.78, 5) is 0. The van der Waals surface area contributed by atoms with Crippen LogP contribution in [0.4, 0.5) is 0 Å². The molecule has 0 radical (unpaired) electrons. The molecule has 2 nitrogen and oxygen atoms in total. The van der Waals surface area contributed by atoms with Crippen molar-refractivity contribution in [2.24, 2.45) is 11.3 Å². The topological polar surface area (TPSA) is 35.8 Å². The molecular weight excluding hydrogens is 220 g/mol. The van der Waals surface area contributed by atoms with E-state index in [1.807, 2.05) is 19.9 Å². The highest BCUT2D eigenvalue weighted by Gasteiger charge is 2.19. The van der Waals surface area contributed by atoms with Gasteiger partial charge in [0.15, 0.2) is 0 Å². The first-order valence-corrected chi connectivity index (χ1v) is 6.63. The lowest BCUT2D eigenvalue weighted by atomic mass is 9.88. The van der Waals surface area contributed by atoms with E-state index in [2.05, 4.69) is 49.5 Å². The fourth-order valence-electron chi connectivity index (χ4n) is 2.02. The number of benzene rings is 1. The van der Waals surface area contributed by atoms with Crippen molar-refractivity contribution < 1.29 is 0 Å². The van der Waals surface area contributed by atoms with Crippen LogP contribution in [0.3, 0.4) is 0 Å². The zero-order valence-electron chi connectivity index (χ0n) is 11.9. The molecule has 1 rings (SSSR count). The molecule has 0 aliphatic rings. The molecule has 1 aromatic carbocycles. The highest BCUT2D eigenvalue weighted by Crippen LogP contribution is 2.23. The van der Waals surface area contributed by atoms with Crippen LogP contribution < -0.4 is 5.32 Å². The molecule has 0 saturated carbocycles. The third-order valence-electron chi connectivity index (χ3n) is 3.27. The number of rotatable bonds is 6. The van der Waals surface area contributed by atoms with Crippen molar-refractivity contribution in [1.82, 2.24) is 5.32 Å². The van der Waals surface area contributed by atoms with Crippen molar-refractivity contribution in [2.75, 3.05) is 13.1 Å². The average molecular weight is 244 g/mol. The number of nitriles is 1. The fraction of sp³-hybridized carbons (Fsp3) is 0.562. The Morgan fingerprint density at radius 2 is 1.83 bits per heavy atom. The summed E-state index contributed by atoms with van der Waals surface area (Å²) in [5, 5.41) is 12.4. The van der Waals surface area contributed by atoms with Crippen molar-refractivity contribution in [1.29, 1.82) is 5.26 Å². The van der Waals surface area contributed by atoms with E-state index in [0.717, 1.165) is 13.1 Å². The number of nitrogens with one attached hydrogen (secondary N) is 1. The Balaban J connectivity index is 2.59. The van der Waals surface area contributed by atoms with Gasteiger partial charge in [0.25, 0.3) is 0 Å². The van der Waals surface area contributed by atoms with Crippen LogP contribution in [-0.4, -0.2) is 13.1 Å². The molecular formula is C16H24N2. The highest BCUT2D eigenvalue weighted by molar-refractivity contribution is 5.20. The van der Waals surface area contributed by atoms with Gasteiger partial charge in [-0.2, -0.15) is 5.26 Å². The molecule has 0 aliphatic heterocycles. The Bertz CT molecular complexity index is 387.